The summed E-state index contributed by atoms with van der Waals surface area (Å²) in [4.78, 5) is 0. The van der Waals surface area contributed by atoms with Crippen LogP contribution >= 0.6 is 0 Å². The minimum absolute atomic E-state index is 0. The highest BCUT2D eigenvalue weighted by molar-refractivity contribution is 4.48. The number of aliphatic hydroxyl groups is 1. The fourth-order valence-corrected chi connectivity index (χ4v) is 2.31. The molecule has 0 fully saturated rings. The summed E-state index contributed by atoms with van der Waals surface area (Å²) in [6.07, 6.45) is 19.2. The van der Waals surface area contributed by atoms with E-state index in [0.717, 1.165) is 6.42 Å². The third-order valence-electron chi connectivity index (χ3n) is 3.51. The number of unbranched alkanes of at least 4 members (excludes halogenated alkanes) is 13. The summed E-state index contributed by atoms with van der Waals surface area (Å²) in [6, 6.07) is 0. The van der Waals surface area contributed by atoms with E-state index in [1.807, 2.05) is 0 Å². The van der Waals surface area contributed by atoms with Crippen molar-refractivity contribution in [3.8, 4) is 0 Å². The molecular formula is C17H38O. The summed E-state index contributed by atoms with van der Waals surface area (Å²) in [5, 5.41) is 8.64. The molecule has 0 atom stereocenters. The van der Waals surface area contributed by atoms with Gasteiger partial charge in [0, 0.05) is 6.61 Å². The molecule has 0 saturated carbocycles. The molecule has 0 aromatic heterocycles. The van der Waals surface area contributed by atoms with Crippen molar-refractivity contribution in [2.75, 3.05) is 6.61 Å². The maximum absolute atomic E-state index is 8.64. The summed E-state index contributed by atoms with van der Waals surface area (Å²) < 4.78 is 0. The second-order valence-corrected chi connectivity index (χ2v) is 5.32. The molecule has 0 bridgehead atoms. The summed E-state index contributed by atoms with van der Waals surface area (Å²) in [6.45, 7) is 2.65. The molecule has 0 saturated heterocycles. The Morgan fingerprint density at radius 1 is 0.500 bits per heavy atom. The molecular weight excluding hydrogens is 220 g/mol. The lowest BCUT2D eigenvalue weighted by Gasteiger charge is -2.02. The van der Waals surface area contributed by atoms with E-state index in [1.165, 1.54) is 83.5 Å². The summed E-state index contributed by atoms with van der Waals surface area (Å²) in [5.41, 5.74) is 0. The largest absolute Gasteiger partial charge is 0.396 e. The number of aliphatic hydroxyl groups excluding tert-OH is 1. The van der Waals surface area contributed by atoms with Crippen molar-refractivity contribution >= 4 is 0 Å². The number of hydrogen-bond acceptors (Lipinski definition) is 1. The summed E-state index contributed by atoms with van der Waals surface area (Å²) >= 11 is 0. The lowest BCUT2D eigenvalue weighted by atomic mass is 10.0. The van der Waals surface area contributed by atoms with Crippen molar-refractivity contribution < 1.29 is 5.11 Å². The van der Waals surface area contributed by atoms with Crippen LogP contribution < -0.4 is 0 Å². The van der Waals surface area contributed by atoms with E-state index in [0.29, 0.717) is 6.61 Å². The molecule has 0 aliphatic carbocycles. The van der Waals surface area contributed by atoms with Gasteiger partial charge in [-0.05, 0) is 6.42 Å². The monoisotopic (exact) mass is 258 g/mol. The molecule has 0 spiro atoms. The van der Waals surface area contributed by atoms with Crippen molar-refractivity contribution in [2.45, 2.75) is 104 Å². The standard InChI is InChI=1S/C16H34O.CH4/c1-2-3-4-5-6-7-8-9-10-11-12-13-14-15-16-17;/h17H,2-16H2,1H3;1H4. The van der Waals surface area contributed by atoms with Crippen LogP contribution in [-0.2, 0) is 0 Å². The SMILES string of the molecule is C.CCCCCCCCCCCCCCCCO. The summed E-state index contributed by atoms with van der Waals surface area (Å²) in [7, 11) is 0. The van der Waals surface area contributed by atoms with Crippen molar-refractivity contribution in [2.24, 2.45) is 0 Å². The van der Waals surface area contributed by atoms with E-state index >= 15 is 0 Å². The molecule has 1 nitrogen and oxygen atoms in total. The molecule has 0 amide bonds. The molecule has 0 radical (unpaired) electrons. The van der Waals surface area contributed by atoms with Crippen molar-refractivity contribution in [1.29, 1.82) is 0 Å². The quantitative estimate of drug-likeness (QED) is 0.373. The lowest BCUT2D eigenvalue weighted by Crippen LogP contribution is -1.84. The van der Waals surface area contributed by atoms with Crippen LogP contribution in [0.2, 0.25) is 0 Å². The zero-order chi connectivity index (χ0) is 12.6. The Bertz CT molecular complexity index is 109. The van der Waals surface area contributed by atoms with Gasteiger partial charge in [0.1, 0.15) is 0 Å². The highest BCUT2D eigenvalue weighted by atomic mass is 16.2. The minimum atomic E-state index is 0. The Morgan fingerprint density at radius 2 is 0.778 bits per heavy atom. The van der Waals surface area contributed by atoms with E-state index in [-0.39, 0.29) is 7.43 Å². The predicted octanol–water partition coefficient (Wildman–Crippen LogP) is 6.10. The van der Waals surface area contributed by atoms with E-state index in [4.69, 9.17) is 5.11 Å². The Labute approximate surface area is 116 Å². The average Bonchev–Trinajstić information content (AvgIpc) is 2.35. The molecule has 0 unspecified atom stereocenters. The van der Waals surface area contributed by atoms with Gasteiger partial charge >= 0.3 is 0 Å². The third kappa shape index (κ3) is 18.3. The normalized spacial score (nSPS) is 10.3. The third-order valence-corrected chi connectivity index (χ3v) is 3.51. The highest BCUT2D eigenvalue weighted by Crippen LogP contribution is 2.12. The van der Waals surface area contributed by atoms with Gasteiger partial charge < -0.3 is 5.11 Å². The van der Waals surface area contributed by atoms with Gasteiger partial charge in [0.05, 0.1) is 0 Å². The average molecular weight is 258 g/mol. The van der Waals surface area contributed by atoms with Crippen molar-refractivity contribution in [3.63, 3.8) is 0 Å². The number of hydrogen-bond donors (Lipinski definition) is 1. The highest BCUT2D eigenvalue weighted by Gasteiger charge is 1.93. The first kappa shape index (κ1) is 20.3. The van der Waals surface area contributed by atoms with Gasteiger partial charge in [0.15, 0.2) is 0 Å². The fraction of sp³-hybridized carbons (Fsp3) is 1.00. The van der Waals surface area contributed by atoms with Crippen molar-refractivity contribution in [1.82, 2.24) is 0 Å². The Morgan fingerprint density at radius 3 is 1.06 bits per heavy atom. The van der Waals surface area contributed by atoms with Crippen LogP contribution in [0.5, 0.6) is 0 Å². The molecule has 112 valence electrons. The van der Waals surface area contributed by atoms with E-state index in [1.54, 1.807) is 0 Å². The summed E-state index contributed by atoms with van der Waals surface area (Å²) in [5.74, 6) is 0. The van der Waals surface area contributed by atoms with Gasteiger partial charge in [-0.25, -0.2) is 0 Å². The fourth-order valence-electron chi connectivity index (χ4n) is 2.31. The second-order valence-electron chi connectivity index (χ2n) is 5.32. The maximum atomic E-state index is 8.64. The second kappa shape index (κ2) is 19.3. The van der Waals surface area contributed by atoms with Crippen molar-refractivity contribution in [3.05, 3.63) is 0 Å². The minimum Gasteiger partial charge on any atom is -0.396 e. The van der Waals surface area contributed by atoms with E-state index in [9.17, 15) is 0 Å². The first-order valence-corrected chi connectivity index (χ1v) is 8.02. The van der Waals surface area contributed by atoms with E-state index < -0.39 is 0 Å². The zero-order valence-electron chi connectivity index (χ0n) is 12.1. The van der Waals surface area contributed by atoms with Gasteiger partial charge in [-0.1, -0.05) is 97.8 Å². The molecule has 0 aliphatic heterocycles. The molecule has 1 N–H and O–H groups in total. The topological polar surface area (TPSA) is 20.2 Å². The molecule has 0 aliphatic rings. The lowest BCUT2D eigenvalue weighted by molar-refractivity contribution is 0.282. The number of rotatable bonds is 14. The Balaban J connectivity index is 0. The van der Waals surface area contributed by atoms with Crippen LogP contribution in [0.3, 0.4) is 0 Å². The molecule has 18 heavy (non-hydrogen) atoms. The first-order valence-electron chi connectivity index (χ1n) is 8.02. The van der Waals surface area contributed by atoms with Crippen LogP contribution in [-0.4, -0.2) is 11.7 Å². The Hall–Kier alpha value is -0.0400. The predicted molar refractivity (Wildman–Crippen MR) is 84.1 cm³/mol. The molecule has 1 heteroatoms. The van der Waals surface area contributed by atoms with Crippen LogP contribution in [0.4, 0.5) is 0 Å². The Kier molecular flexibility index (Phi) is 21.7. The molecule has 0 rings (SSSR count). The van der Waals surface area contributed by atoms with Crippen LogP contribution in [0.25, 0.3) is 0 Å². The van der Waals surface area contributed by atoms with Gasteiger partial charge in [-0.15, -0.1) is 0 Å². The molecule has 0 aromatic carbocycles. The van der Waals surface area contributed by atoms with Gasteiger partial charge in [-0.3, -0.25) is 0 Å². The zero-order valence-corrected chi connectivity index (χ0v) is 12.1. The van der Waals surface area contributed by atoms with Gasteiger partial charge in [0.2, 0.25) is 0 Å². The van der Waals surface area contributed by atoms with E-state index in [2.05, 4.69) is 6.92 Å². The van der Waals surface area contributed by atoms with Crippen LogP contribution in [0.1, 0.15) is 104 Å². The smallest absolute Gasteiger partial charge is 0.0431 e. The van der Waals surface area contributed by atoms with Gasteiger partial charge in [0.25, 0.3) is 0 Å². The molecule has 0 aromatic rings. The first-order chi connectivity index (χ1) is 8.41. The van der Waals surface area contributed by atoms with Crippen LogP contribution in [0, 0.1) is 0 Å². The maximum Gasteiger partial charge on any atom is 0.0431 e. The van der Waals surface area contributed by atoms with Crippen LogP contribution in [0.15, 0.2) is 0 Å². The molecule has 0 heterocycles. The van der Waals surface area contributed by atoms with Gasteiger partial charge in [-0.2, -0.15) is 0 Å².